The molecule has 0 fully saturated rings. The van der Waals surface area contributed by atoms with E-state index in [2.05, 4.69) is 0 Å². The molecule has 0 radical (unpaired) electrons. The van der Waals surface area contributed by atoms with Crippen molar-refractivity contribution in [1.29, 1.82) is 0 Å². The van der Waals surface area contributed by atoms with E-state index in [4.69, 9.17) is 16.7 Å². The van der Waals surface area contributed by atoms with Crippen LogP contribution in [0.15, 0.2) is 6.07 Å². The second-order valence-electron chi connectivity index (χ2n) is 4.79. The van der Waals surface area contributed by atoms with Crippen molar-refractivity contribution in [2.45, 2.75) is 44.9 Å². The van der Waals surface area contributed by atoms with Gasteiger partial charge in [0.05, 0.1) is 5.02 Å². The smallest absolute Gasteiger partial charge is 0.303 e. The van der Waals surface area contributed by atoms with Crippen molar-refractivity contribution in [1.82, 2.24) is 0 Å². The molecule has 4 heteroatoms. The third-order valence-corrected chi connectivity index (χ3v) is 3.90. The molecule has 98 valence electrons. The van der Waals surface area contributed by atoms with Crippen LogP contribution in [0.25, 0.3) is 0 Å². The molecule has 0 amide bonds. The molecule has 0 unspecified atom stereocenters. The molecule has 0 saturated heterocycles. The van der Waals surface area contributed by atoms with Crippen LogP contribution in [-0.4, -0.2) is 16.2 Å². The predicted octanol–water partition coefficient (Wildman–Crippen LogP) is 3.33. The van der Waals surface area contributed by atoms with E-state index in [0.29, 0.717) is 17.0 Å². The molecule has 1 aliphatic carbocycles. The van der Waals surface area contributed by atoms with Crippen LogP contribution in [-0.2, 0) is 24.1 Å². The van der Waals surface area contributed by atoms with Gasteiger partial charge >= 0.3 is 5.97 Å². The number of carboxylic acid groups (broad SMARTS) is 1. The summed E-state index contributed by atoms with van der Waals surface area (Å²) < 4.78 is 0. The van der Waals surface area contributed by atoms with Gasteiger partial charge in [-0.1, -0.05) is 24.1 Å². The third-order valence-electron chi connectivity index (χ3n) is 3.49. The largest absolute Gasteiger partial charge is 0.506 e. The van der Waals surface area contributed by atoms with Gasteiger partial charge in [0.15, 0.2) is 0 Å². The van der Waals surface area contributed by atoms with Crippen LogP contribution in [0, 0.1) is 0 Å². The summed E-state index contributed by atoms with van der Waals surface area (Å²) in [5, 5.41) is 19.2. The summed E-state index contributed by atoms with van der Waals surface area (Å²) in [5.74, 6) is -0.793. The Labute approximate surface area is 111 Å². The first-order chi connectivity index (χ1) is 8.59. The van der Waals surface area contributed by atoms with Crippen molar-refractivity contribution >= 4 is 17.6 Å². The van der Waals surface area contributed by atoms with Crippen LogP contribution in [0.3, 0.4) is 0 Å². The van der Waals surface area contributed by atoms with Gasteiger partial charge in [0.2, 0.25) is 0 Å². The molecule has 2 N–H and O–H groups in total. The van der Waals surface area contributed by atoms with Crippen molar-refractivity contribution < 1.29 is 15.0 Å². The molecule has 18 heavy (non-hydrogen) atoms. The highest BCUT2D eigenvalue weighted by Gasteiger charge is 2.18. The highest BCUT2D eigenvalue weighted by Crippen LogP contribution is 2.37. The topological polar surface area (TPSA) is 57.5 Å². The zero-order chi connectivity index (χ0) is 13.1. The number of aliphatic carboxylic acids is 1. The van der Waals surface area contributed by atoms with E-state index in [1.807, 2.05) is 6.07 Å². The van der Waals surface area contributed by atoms with Crippen molar-refractivity contribution in [3.8, 4) is 5.75 Å². The summed E-state index contributed by atoms with van der Waals surface area (Å²) in [4.78, 5) is 10.6. The van der Waals surface area contributed by atoms with E-state index in [0.717, 1.165) is 31.2 Å². The number of hydrogen-bond acceptors (Lipinski definition) is 2. The van der Waals surface area contributed by atoms with Crippen LogP contribution in [0.5, 0.6) is 5.75 Å². The summed E-state index contributed by atoms with van der Waals surface area (Å²) in [7, 11) is 0. The first kappa shape index (κ1) is 13.2. The maximum atomic E-state index is 10.6. The number of phenolic OH excluding ortho intramolecular Hbond substituents is 1. The number of benzene rings is 1. The minimum atomic E-state index is -0.861. The molecule has 0 atom stereocenters. The summed E-state index contributed by atoms with van der Waals surface area (Å²) in [6.45, 7) is 0. The van der Waals surface area contributed by atoms with Crippen molar-refractivity contribution in [2.24, 2.45) is 0 Å². The summed E-state index contributed by atoms with van der Waals surface area (Å²) in [5.41, 5.74) is 2.88. The van der Waals surface area contributed by atoms with Crippen molar-refractivity contribution in [3.63, 3.8) is 0 Å². The van der Waals surface area contributed by atoms with Crippen LogP contribution in [0.1, 0.15) is 42.4 Å². The Bertz CT molecular complexity index is 469. The van der Waals surface area contributed by atoms with E-state index in [9.17, 15) is 9.90 Å². The normalized spacial score (nSPS) is 14.9. The Morgan fingerprint density at radius 2 is 2.00 bits per heavy atom. The average molecular weight is 269 g/mol. The highest BCUT2D eigenvalue weighted by atomic mass is 35.5. The molecule has 0 heterocycles. The molecule has 0 spiro atoms. The Kier molecular flexibility index (Phi) is 4.12. The fourth-order valence-corrected chi connectivity index (χ4v) is 2.85. The first-order valence-electron chi connectivity index (χ1n) is 6.33. The zero-order valence-corrected chi connectivity index (χ0v) is 11.0. The number of aryl methyl sites for hydroxylation is 2. The lowest BCUT2D eigenvalue weighted by atomic mass is 9.97. The van der Waals surface area contributed by atoms with E-state index < -0.39 is 5.97 Å². The Balaban J connectivity index is 2.34. The Morgan fingerprint density at radius 1 is 1.28 bits per heavy atom. The molecule has 0 aromatic heterocycles. The maximum Gasteiger partial charge on any atom is 0.303 e. The second kappa shape index (κ2) is 5.61. The van der Waals surface area contributed by atoms with Gasteiger partial charge in [-0.2, -0.15) is 0 Å². The standard InChI is InChI=1S/C14H17ClO3/c15-13-11-5-3-1-2-4-9(11)8-10(14(13)18)6-7-12(16)17/h8,18H,1-7H2,(H,16,17). The van der Waals surface area contributed by atoms with E-state index >= 15 is 0 Å². The fraction of sp³-hybridized carbons (Fsp3) is 0.500. The first-order valence-corrected chi connectivity index (χ1v) is 6.71. The van der Waals surface area contributed by atoms with E-state index in [1.165, 1.54) is 12.0 Å². The number of aromatic hydroxyl groups is 1. The molecule has 1 aromatic carbocycles. The fourth-order valence-electron chi connectivity index (χ4n) is 2.51. The number of carbonyl (C=O) groups is 1. The summed E-state index contributed by atoms with van der Waals surface area (Å²) in [6.07, 6.45) is 5.62. The molecule has 2 rings (SSSR count). The maximum absolute atomic E-state index is 10.6. The predicted molar refractivity (Wildman–Crippen MR) is 70.3 cm³/mol. The molecular weight excluding hydrogens is 252 g/mol. The summed E-state index contributed by atoms with van der Waals surface area (Å²) >= 11 is 6.21. The van der Waals surface area contributed by atoms with Crippen molar-refractivity contribution in [2.75, 3.05) is 0 Å². The van der Waals surface area contributed by atoms with Crippen molar-refractivity contribution in [3.05, 3.63) is 27.8 Å². The second-order valence-corrected chi connectivity index (χ2v) is 5.17. The van der Waals surface area contributed by atoms with E-state index in [-0.39, 0.29) is 12.2 Å². The highest BCUT2D eigenvalue weighted by molar-refractivity contribution is 6.33. The van der Waals surface area contributed by atoms with Gasteiger partial charge < -0.3 is 10.2 Å². The van der Waals surface area contributed by atoms with Crippen LogP contribution in [0.2, 0.25) is 5.02 Å². The van der Waals surface area contributed by atoms with E-state index in [1.54, 1.807) is 0 Å². The van der Waals surface area contributed by atoms with Gasteiger partial charge in [0, 0.05) is 6.42 Å². The Morgan fingerprint density at radius 3 is 2.72 bits per heavy atom. The monoisotopic (exact) mass is 268 g/mol. The third kappa shape index (κ3) is 2.78. The molecule has 3 nitrogen and oxygen atoms in total. The molecule has 1 aromatic rings. The van der Waals surface area contributed by atoms with Gasteiger partial charge in [-0.05, 0) is 48.8 Å². The van der Waals surface area contributed by atoms with Crippen LogP contribution < -0.4 is 0 Å². The number of hydrogen-bond donors (Lipinski definition) is 2. The number of halogens is 1. The minimum absolute atomic E-state index is 0.0165. The molecular formula is C14H17ClO3. The molecule has 0 bridgehead atoms. The SMILES string of the molecule is O=C(O)CCc1cc2c(c(Cl)c1O)CCCCC2. The summed E-state index contributed by atoms with van der Waals surface area (Å²) in [6, 6.07) is 1.94. The number of fused-ring (bicyclic) bond motifs is 1. The lowest BCUT2D eigenvalue weighted by Crippen LogP contribution is -2.01. The quantitative estimate of drug-likeness (QED) is 0.827. The number of phenols is 1. The van der Waals surface area contributed by atoms with Crippen LogP contribution in [0.4, 0.5) is 0 Å². The number of carboxylic acids is 1. The zero-order valence-electron chi connectivity index (χ0n) is 10.2. The van der Waals surface area contributed by atoms with Gasteiger partial charge in [-0.15, -0.1) is 0 Å². The molecule has 1 aliphatic rings. The Hall–Kier alpha value is -1.22. The lowest BCUT2D eigenvalue weighted by molar-refractivity contribution is -0.136. The lowest BCUT2D eigenvalue weighted by Gasteiger charge is -2.13. The van der Waals surface area contributed by atoms with Gasteiger partial charge in [-0.3, -0.25) is 4.79 Å². The van der Waals surface area contributed by atoms with Gasteiger partial charge in [0.1, 0.15) is 5.75 Å². The minimum Gasteiger partial charge on any atom is -0.506 e. The van der Waals surface area contributed by atoms with Gasteiger partial charge in [-0.25, -0.2) is 0 Å². The molecule has 0 aliphatic heterocycles. The average Bonchev–Trinajstić information content (AvgIpc) is 2.57. The number of rotatable bonds is 3. The van der Waals surface area contributed by atoms with Crippen LogP contribution >= 0.6 is 11.6 Å². The molecule has 0 saturated carbocycles. The van der Waals surface area contributed by atoms with Gasteiger partial charge in [0.25, 0.3) is 0 Å².